The zero-order valence-electron chi connectivity index (χ0n) is 16.2. The van der Waals surface area contributed by atoms with Gasteiger partial charge in [0.05, 0.1) is 19.1 Å². The van der Waals surface area contributed by atoms with Crippen LogP contribution in [-0.4, -0.2) is 50.1 Å². The molecule has 8 nitrogen and oxygen atoms in total. The topological polar surface area (TPSA) is 91.1 Å². The Labute approximate surface area is 163 Å². The predicted molar refractivity (Wildman–Crippen MR) is 104 cm³/mol. The Kier molecular flexibility index (Phi) is 7.62. The smallest absolute Gasteiger partial charge is 0.310 e. The average Bonchev–Trinajstić information content (AvgIpc) is 2.71. The number of carbonyl (C=O) groups excluding carboxylic acids is 1. The highest BCUT2D eigenvalue weighted by Gasteiger charge is 2.16. The summed E-state index contributed by atoms with van der Waals surface area (Å²) in [6.45, 7) is 0.283. The van der Waals surface area contributed by atoms with Gasteiger partial charge in [0.15, 0.2) is 23.9 Å². The summed E-state index contributed by atoms with van der Waals surface area (Å²) in [5, 5.41) is 11.0. The van der Waals surface area contributed by atoms with Crippen molar-refractivity contribution in [3.05, 3.63) is 58.1 Å². The average molecular weight is 388 g/mol. The fourth-order valence-electron chi connectivity index (χ4n) is 2.66. The standard InChI is InChI=1S/C20H24N2O6/c1-21(12-6-7-15-10-11-18(26-2)19(13-15)27-3)20(23)14-28-17-9-5-4-8-16(17)22(24)25/h4-5,8-11,13H,6-7,12,14H2,1-3H3. The van der Waals surface area contributed by atoms with E-state index < -0.39 is 4.92 Å². The predicted octanol–water partition coefficient (Wildman–Crippen LogP) is 3.08. The van der Waals surface area contributed by atoms with E-state index in [0.717, 1.165) is 18.4 Å². The molecule has 0 heterocycles. The van der Waals surface area contributed by atoms with E-state index in [0.29, 0.717) is 18.0 Å². The Morgan fingerprint density at radius 2 is 1.79 bits per heavy atom. The van der Waals surface area contributed by atoms with Crippen molar-refractivity contribution in [2.24, 2.45) is 0 Å². The molecule has 2 rings (SSSR count). The normalized spacial score (nSPS) is 10.2. The van der Waals surface area contributed by atoms with Gasteiger partial charge in [0.25, 0.3) is 5.91 Å². The highest BCUT2D eigenvalue weighted by atomic mass is 16.6. The Morgan fingerprint density at radius 3 is 2.46 bits per heavy atom. The SMILES string of the molecule is COc1ccc(CCCN(C)C(=O)COc2ccccc2[N+](=O)[O-])cc1OC. The van der Waals surface area contributed by atoms with Crippen molar-refractivity contribution in [3.8, 4) is 17.2 Å². The van der Waals surface area contributed by atoms with Gasteiger partial charge >= 0.3 is 5.69 Å². The summed E-state index contributed by atoms with van der Waals surface area (Å²) >= 11 is 0. The fourth-order valence-corrected chi connectivity index (χ4v) is 2.66. The van der Waals surface area contributed by atoms with Gasteiger partial charge in [-0.05, 0) is 36.6 Å². The molecule has 0 atom stereocenters. The Morgan fingerprint density at radius 1 is 1.07 bits per heavy atom. The lowest BCUT2D eigenvalue weighted by Gasteiger charge is -2.17. The fraction of sp³-hybridized carbons (Fsp3) is 0.350. The zero-order chi connectivity index (χ0) is 20.5. The molecule has 0 saturated carbocycles. The minimum atomic E-state index is -0.535. The van der Waals surface area contributed by atoms with Gasteiger partial charge in [0, 0.05) is 19.7 Å². The van der Waals surface area contributed by atoms with Crippen LogP contribution in [0.3, 0.4) is 0 Å². The number of aryl methyl sites for hydroxylation is 1. The van der Waals surface area contributed by atoms with Gasteiger partial charge in [-0.1, -0.05) is 18.2 Å². The third-order valence-electron chi connectivity index (χ3n) is 4.25. The van der Waals surface area contributed by atoms with Gasteiger partial charge in [-0.2, -0.15) is 0 Å². The number of rotatable bonds is 10. The maximum Gasteiger partial charge on any atom is 0.310 e. The molecule has 0 unspecified atom stereocenters. The molecule has 0 aliphatic carbocycles. The molecule has 8 heteroatoms. The molecule has 0 bridgehead atoms. The number of hydrogen-bond donors (Lipinski definition) is 0. The summed E-state index contributed by atoms with van der Waals surface area (Å²) in [7, 11) is 4.86. The van der Waals surface area contributed by atoms with Crippen molar-refractivity contribution in [2.75, 3.05) is 34.4 Å². The molecule has 0 spiro atoms. The summed E-state index contributed by atoms with van der Waals surface area (Å²) in [6.07, 6.45) is 1.52. The summed E-state index contributed by atoms with van der Waals surface area (Å²) in [4.78, 5) is 24.2. The maximum atomic E-state index is 12.2. The molecule has 28 heavy (non-hydrogen) atoms. The quantitative estimate of drug-likeness (QED) is 0.459. The van der Waals surface area contributed by atoms with E-state index in [1.165, 1.54) is 12.1 Å². The maximum absolute atomic E-state index is 12.2. The van der Waals surface area contributed by atoms with Crippen LogP contribution in [0.4, 0.5) is 5.69 Å². The third kappa shape index (κ3) is 5.60. The molecule has 0 radical (unpaired) electrons. The van der Waals surface area contributed by atoms with Gasteiger partial charge in [-0.3, -0.25) is 14.9 Å². The zero-order valence-corrected chi connectivity index (χ0v) is 16.2. The van der Waals surface area contributed by atoms with Crippen molar-refractivity contribution in [3.63, 3.8) is 0 Å². The van der Waals surface area contributed by atoms with E-state index in [-0.39, 0.29) is 24.0 Å². The van der Waals surface area contributed by atoms with Crippen LogP contribution in [0.2, 0.25) is 0 Å². The molecule has 0 aliphatic heterocycles. The Bertz CT molecular complexity index is 824. The van der Waals surface area contributed by atoms with Crippen LogP contribution in [0.1, 0.15) is 12.0 Å². The lowest BCUT2D eigenvalue weighted by Crippen LogP contribution is -2.32. The molecule has 0 fully saturated rings. The first kappa shape index (κ1) is 21.0. The van der Waals surface area contributed by atoms with Crippen molar-refractivity contribution < 1.29 is 23.9 Å². The summed E-state index contributed by atoms with van der Waals surface area (Å²) in [5.41, 5.74) is 0.918. The van der Waals surface area contributed by atoms with Gasteiger partial charge in [-0.15, -0.1) is 0 Å². The molecule has 0 N–H and O–H groups in total. The monoisotopic (exact) mass is 388 g/mol. The first-order chi connectivity index (χ1) is 13.5. The summed E-state index contributed by atoms with van der Waals surface area (Å²) < 4.78 is 15.8. The van der Waals surface area contributed by atoms with Crippen molar-refractivity contribution in [1.29, 1.82) is 0 Å². The third-order valence-corrected chi connectivity index (χ3v) is 4.25. The van der Waals surface area contributed by atoms with Crippen molar-refractivity contribution >= 4 is 11.6 Å². The molecule has 0 aliphatic rings. The molecule has 150 valence electrons. The Hall–Kier alpha value is -3.29. The van der Waals surface area contributed by atoms with E-state index >= 15 is 0 Å². The van der Waals surface area contributed by atoms with Crippen LogP contribution in [0.25, 0.3) is 0 Å². The minimum Gasteiger partial charge on any atom is -0.493 e. The minimum absolute atomic E-state index is 0.0829. The van der Waals surface area contributed by atoms with E-state index in [9.17, 15) is 14.9 Å². The van der Waals surface area contributed by atoms with E-state index in [1.807, 2.05) is 18.2 Å². The number of likely N-dealkylation sites (N-methyl/N-ethyl adjacent to an activating group) is 1. The number of carbonyl (C=O) groups is 1. The van der Waals surface area contributed by atoms with Crippen LogP contribution in [-0.2, 0) is 11.2 Å². The van der Waals surface area contributed by atoms with Crippen molar-refractivity contribution in [1.82, 2.24) is 4.90 Å². The second-order valence-corrected chi connectivity index (χ2v) is 6.12. The summed E-state index contributed by atoms with van der Waals surface area (Å²) in [6, 6.07) is 11.7. The van der Waals surface area contributed by atoms with Gasteiger partial charge in [-0.25, -0.2) is 0 Å². The number of nitrogens with zero attached hydrogens (tertiary/aromatic N) is 2. The number of para-hydroxylation sites is 2. The molecule has 2 aromatic carbocycles. The van der Waals surface area contributed by atoms with Crippen LogP contribution in [0.15, 0.2) is 42.5 Å². The second-order valence-electron chi connectivity index (χ2n) is 6.12. The molecule has 2 aromatic rings. The number of hydrogen-bond acceptors (Lipinski definition) is 6. The summed E-state index contributed by atoms with van der Waals surface area (Å²) in [5.74, 6) is 1.18. The van der Waals surface area contributed by atoms with Gasteiger partial charge in [0.1, 0.15) is 0 Å². The molecular weight excluding hydrogens is 364 g/mol. The molecule has 0 saturated heterocycles. The first-order valence-electron chi connectivity index (χ1n) is 8.77. The second kappa shape index (κ2) is 10.1. The molecule has 0 aromatic heterocycles. The lowest BCUT2D eigenvalue weighted by molar-refractivity contribution is -0.385. The number of amides is 1. The number of methoxy groups -OCH3 is 2. The highest BCUT2D eigenvalue weighted by molar-refractivity contribution is 5.77. The number of ether oxygens (including phenoxy) is 3. The first-order valence-corrected chi connectivity index (χ1v) is 8.77. The van der Waals surface area contributed by atoms with E-state index in [4.69, 9.17) is 14.2 Å². The largest absolute Gasteiger partial charge is 0.493 e. The van der Waals surface area contributed by atoms with E-state index in [2.05, 4.69) is 0 Å². The number of benzene rings is 2. The lowest BCUT2D eigenvalue weighted by atomic mass is 10.1. The number of nitro benzene ring substituents is 1. The number of nitro groups is 1. The van der Waals surface area contributed by atoms with Crippen LogP contribution < -0.4 is 14.2 Å². The van der Waals surface area contributed by atoms with Crippen LogP contribution in [0, 0.1) is 10.1 Å². The van der Waals surface area contributed by atoms with E-state index in [1.54, 1.807) is 38.3 Å². The Balaban J connectivity index is 1.82. The van der Waals surface area contributed by atoms with Crippen molar-refractivity contribution in [2.45, 2.75) is 12.8 Å². The highest BCUT2D eigenvalue weighted by Crippen LogP contribution is 2.28. The molecule has 1 amide bonds. The van der Waals surface area contributed by atoms with Crippen LogP contribution in [0.5, 0.6) is 17.2 Å². The van der Waals surface area contributed by atoms with Crippen LogP contribution >= 0.6 is 0 Å². The van der Waals surface area contributed by atoms with Gasteiger partial charge in [0.2, 0.25) is 0 Å². The van der Waals surface area contributed by atoms with Gasteiger partial charge < -0.3 is 19.1 Å². The molecular formula is C20H24N2O6.